The van der Waals surface area contributed by atoms with Crippen LogP contribution < -0.4 is 9.04 Å². The van der Waals surface area contributed by atoms with Crippen molar-refractivity contribution in [1.29, 1.82) is 0 Å². The fraction of sp³-hybridized carbons (Fsp3) is 0.364. The highest BCUT2D eigenvalue weighted by molar-refractivity contribution is 7.93. The molecule has 1 aliphatic rings. The minimum absolute atomic E-state index is 0.00597. The topological polar surface area (TPSA) is 83.9 Å². The molecule has 1 saturated heterocycles. The molecule has 0 aromatic heterocycles. The minimum Gasteiger partial charge on any atom is -0.497 e. The molecule has 0 atom stereocenters. The van der Waals surface area contributed by atoms with E-state index in [-0.39, 0.29) is 11.3 Å². The lowest BCUT2D eigenvalue weighted by Crippen LogP contribution is -2.25. The summed E-state index contributed by atoms with van der Waals surface area (Å²) in [5.74, 6) is -0.703. The third-order valence-corrected chi connectivity index (χ3v) is 4.63. The zero-order valence-corrected chi connectivity index (χ0v) is 10.6. The second-order valence-electron chi connectivity index (χ2n) is 3.97. The van der Waals surface area contributed by atoms with Crippen LogP contribution >= 0.6 is 0 Å². The van der Waals surface area contributed by atoms with Gasteiger partial charge in [0.2, 0.25) is 10.0 Å². The maximum absolute atomic E-state index is 11.8. The summed E-state index contributed by atoms with van der Waals surface area (Å²) in [6, 6.07) is 4.22. The molecule has 1 aromatic carbocycles. The molecule has 0 spiro atoms. The molecule has 1 N–H and O–H groups in total. The van der Waals surface area contributed by atoms with Gasteiger partial charge in [-0.1, -0.05) is 0 Å². The summed E-state index contributed by atoms with van der Waals surface area (Å²) < 4.78 is 29.8. The maximum Gasteiger partial charge on any atom is 0.335 e. The molecule has 18 heavy (non-hydrogen) atoms. The number of hydrogen-bond acceptors (Lipinski definition) is 4. The average Bonchev–Trinajstić information content (AvgIpc) is 2.68. The monoisotopic (exact) mass is 271 g/mol. The summed E-state index contributed by atoms with van der Waals surface area (Å²) in [5, 5.41) is 8.98. The number of aromatic carboxylic acids is 1. The molecule has 98 valence electrons. The number of hydrogen-bond donors (Lipinski definition) is 1. The SMILES string of the molecule is COc1cc(C(=O)O)cc(N2CCCS2(=O)=O)c1. The Labute approximate surface area is 105 Å². The van der Waals surface area contributed by atoms with E-state index in [0.29, 0.717) is 24.4 Å². The average molecular weight is 271 g/mol. The Hall–Kier alpha value is -1.76. The minimum atomic E-state index is -3.32. The number of carboxylic acids is 1. The van der Waals surface area contributed by atoms with Gasteiger partial charge in [-0.05, 0) is 18.6 Å². The van der Waals surface area contributed by atoms with Crippen molar-refractivity contribution in [1.82, 2.24) is 0 Å². The standard InChI is InChI=1S/C11H13NO5S/c1-17-10-6-8(11(13)14)5-9(7-10)12-3-2-4-18(12,15)16/h5-7H,2-4H2,1H3,(H,13,14). The van der Waals surface area contributed by atoms with E-state index >= 15 is 0 Å². The van der Waals surface area contributed by atoms with Gasteiger partial charge in [-0.15, -0.1) is 0 Å². The summed E-state index contributed by atoms with van der Waals surface area (Å²) in [7, 11) is -1.92. The van der Waals surface area contributed by atoms with E-state index in [1.54, 1.807) is 0 Å². The van der Waals surface area contributed by atoms with Crippen LogP contribution in [0.15, 0.2) is 18.2 Å². The van der Waals surface area contributed by atoms with Crippen molar-refractivity contribution in [2.45, 2.75) is 6.42 Å². The van der Waals surface area contributed by atoms with Gasteiger partial charge >= 0.3 is 5.97 Å². The molecule has 1 heterocycles. The van der Waals surface area contributed by atoms with E-state index in [9.17, 15) is 13.2 Å². The van der Waals surface area contributed by atoms with Gasteiger partial charge in [0, 0.05) is 12.6 Å². The first-order chi connectivity index (χ1) is 8.44. The quantitative estimate of drug-likeness (QED) is 0.884. The van der Waals surface area contributed by atoms with Crippen LogP contribution in [-0.2, 0) is 10.0 Å². The Balaban J connectivity index is 2.50. The van der Waals surface area contributed by atoms with Crippen LogP contribution in [0.25, 0.3) is 0 Å². The third kappa shape index (κ3) is 2.26. The van der Waals surface area contributed by atoms with Crippen molar-refractivity contribution in [3.8, 4) is 5.75 Å². The lowest BCUT2D eigenvalue weighted by Gasteiger charge is -2.18. The van der Waals surface area contributed by atoms with Crippen LogP contribution in [-0.4, -0.2) is 38.9 Å². The summed E-state index contributed by atoms with van der Waals surface area (Å²) in [5.41, 5.74) is 0.343. The van der Waals surface area contributed by atoms with Crippen molar-refractivity contribution in [3.63, 3.8) is 0 Å². The van der Waals surface area contributed by atoms with Crippen LogP contribution in [0, 0.1) is 0 Å². The van der Waals surface area contributed by atoms with Gasteiger partial charge in [0.15, 0.2) is 0 Å². The Kier molecular flexibility index (Phi) is 3.16. The highest BCUT2D eigenvalue weighted by Crippen LogP contribution is 2.29. The van der Waals surface area contributed by atoms with Crippen LogP contribution in [0.4, 0.5) is 5.69 Å². The molecule has 0 aliphatic carbocycles. The third-order valence-electron chi connectivity index (χ3n) is 2.76. The lowest BCUT2D eigenvalue weighted by atomic mass is 10.2. The fourth-order valence-corrected chi connectivity index (χ4v) is 3.45. The molecule has 0 radical (unpaired) electrons. The summed E-state index contributed by atoms with van der Waals surface area (Å²) >= 11 is 0. The van der Waals surface area contributed by atoms with E-state index in [0.717, 1.165) is 0 Å². The lowest BCUT2D eigenvalue weighted by molar-refractivity contribution is 0.0696. The number of rotatable bonds is 3. The largest absolute Gasteiger partial charge is 0.497 e. The van der Waals surface area contributed by atoms with Crippen LogP contribution in [0.1, 0.15) is 16.8 Å². The molecule has 1 aliphatic heterocycles. The zero-order valence-electron chi connectivity index (χ0n) is 9.79. The van der Waals surface area contributed by atoms with Crippen molar-refractivity contribution in [2.75, 3.05) is 23.7 Å². The molecular formula is C11H13NO5S. The van der Waals surface area contributed by atoms with Gasteiger partial charge in [0.05, 0.1) is 24.1 Å². The van der Waals surface area contributed by atoms with Gasteiger partial charge in [-0.2, -0.15) is 0 Å². The molecule has 1 fully saturated rings. The molecule has 7 heteroatoms. The van der Waals surface area contributed by atoms with E-state index in [1.807, 2.05) is 0 Å². The molecule has 0 saturated carbocycles. The van der Waals surface area contributed by atoms with E-state index in [4.69, 9.17) is 9.84 Å². The number of nitrogens with zero attached hydrogens (tertiary/aromatic N) is 1. The number of carboxylic acid groups (broad SMARTS) is 1. The first-order valence-corrected chi connectivity index (χ1v) is 6.98. The molecule has 0 unspecified atom stereocenters. The highest BCUT2D eigenvalue weighted by Gasteiger charge is 2.29. The smallest absolute Gasteiger partial charge is 0.335 e. The predicted octanol–water partition coefficient (Wildman–Crippen LogP) is 0.933. The highest BCUT2D eigenvalue weighted by atomic mass is 32.2. The summed E-state index contributed by atoms with van der Waals surface area (Å²) in [6.07, 6.45) is 0.544. The molecular weight excluding hydrogens is 258 g/mol. The number of benzene rings is 1. The van der Waals surface area contributed by atoms with E-state index in [2.05, 4.69) is 0 Å². The van der Waals surface area contributed by atoms with Crippen molar-refractivity contribution in [3.05, 3.63) is 23.8 Å². The van der Waals surface area contributed by atoms with Gasteiger partial charge in [0.1, 0.15) is 5.75 Å². The first kappa shape index (κ1) is 12.7. The maximum atomic E-state index is 11.8. The molecule has 6 nitrogen and oxygen atoms in total. The van der Waals surface area contributed by atoms with Gasteiger partial charge in [-0.3, -0.25) is 4.31 Å². The Morgan fingerprint density at radius 2 is 2.11 bits per heavy atom. The van der Waals surface area contributed by atoms with Gasteiger partial charge < -0.3 is 9.84 Å². The molecule has 2 rings (SSSR count). The van der Waals surface area contributed by atoms with Crippen molar-refractivity contribution >= 4 is 21.7 Å². The van der Waals surface area contributed by atoms with Crippen LogP contribution in [0.2, 0.25) is 0 Å². The normalized spacial score (nSPS) is 17.7. The van der Waals surface area contributed by atoms with Crippen molar-refractivity contribution in [2.24, 2.45) is 0 Å². The number of anilines is 1. The summed E-state index contributed by atoms with van der Waals surface area (Å²) in [6.45, 7) is 0.370. The van der Waals surface area contributed by atoms with Gasteiger partial charge in [-0.25, -0.2) is 13.2 Å². The fourth-order valence-electron chi connectivity index (χ4n) is 1.90. The zero-order chi connectivity index (χ0) is 13.3. The number of carbonyl (C=O) groups is 1. The Morgan fingerprint density at radius 3 is 2.61 bits per heavy atom. The number of sulfonamides is 1. The molecule has 0 amide bonds. The van der Waals surface area contributed by atoms with Crippen LogP contribution in [0.3, 0.4) is 0 Å². The van der Waals surface area contributed by atoms with E-state index < -0.39 is 16.0 Å². The first-order valence-electron chi connectivity index (χ1n) is 5.37. The molecule has 0 bridgehead atoms. The Bertz CT molecular complexity index is 581. The Morgan fingerprint density at radius 1 is 1.39 bits per heavy atom. The van der Waals surface area contributed by atoms with Crippen LogP contribution in [0.5, 0.6) is 5.75 Å². The number of methoxy groups -OCH3 is 1. The summed E-state index contributed by atoms with van der Waals surface area (Å²) in [4.78, 5) is 11.0. The van der Waals surface area contributed by atoms with E-state index in [1.165, 1.54) is 29.6 Å². The van der Waals surface area contributed by atoms with Gasteiger partial charge in [0.25, 0.3) is 0 Å². The second kappa shape index (κ2) is 4.49. The number of ether oxygens (including phenoxy) is 1. The predicted molar refractivity (Wildman–Crippen MR) is 65.7 cm³/mol. The van der Waals surface area contributed by atoms with Crippen molar-refractivity contribution < 1.29 is 23.1 Å². The molecule has 1 aromatic rings. The second-order valence-corrected chi connectivity index (χ2v) is 5.98.